The average molecular weight is 352 g/mol. The Morgan fingerprint density at radius 2 is 1.77 bits per heavy atom. The molecule has 0 atom stereocenters. The molecule has 26 heavy (non-hydrogen) atoms. The zero-order valence-corrected chi connectivity index (χ0v) is 15.1. The monoisotopic (exact) mass is 352 g/mol. The van der Waals surface area contributed by atoms with Crippen molar-refractivity contribution in [2.24, 2.45) is 0 Å². The molecule has 0 aliphatic carbocycles. The highest BCUT2D eigenvalue weighted by molar-refractivity contribution is 5.98. The third-order valence-electron chi connectivity index (χ3n) is 3.74. The van der Waals surface area contributed by atoms with E-state index in [-0.39, 0.29) is 18.4 Å². The molecule has 2 rings (SSSR count). The molecule has 2 amide bonds. The molecule has 1 N–H and O–H groups in total. The number of nitrogens with one attached hydrogen (secondary N) is 1. The van der Waals surface area contributed by atoms with Crippen molar-refractivity contribution in [2.75, 3.05) is 25.5 Å². The summed E-state index contributed by atoms with van der Waals surface area (Å²) in [6, 6.07) is 16.8. The first-order valence-corrected chi connectivity index (χ1v) is 8.59. The normalized spacial score (nSPS) is 10.5. The van der Waals surface area contributed by atoms with Crippen LogP contribution in [0.5, 0.6) is 5.75 Å². The van der Waals surface area contributed by atoms with Gasteiger partial charge in [-0.3, -0.25) is 9.59 Å². The quantitative estimate of drug-likeness (QED) is 0.739. The number of hydrogen-bond acceptors (Lipinski definition) is 3. The van der Waals surface area contributed by atoms with Crippen LogP contribution in [0.15, 0.2) is 60.7 Å². The maximum atomic E-state index is 12.5. The van der Waals surface area contributed by atoms with Gasteiger partial charge in [0.05, 0.1) is 12.8 Å². The summed E-state index contributed by atoms with van der Waals surface area (Å²) < 4.78 is 5.23. The first-order valence-electron chi connectivity index (χ1n) is 8.59. The van der Waals surface area contributed by atoms with E-state index in [0.29, 0.717) is 18.0 Å². The molecule has 0 aliphatic heterocycles. The maximum Gasteiger partial charge on any atom is 0.247 e. The summed E-state index contributed by atoms with van der Waals surface area (Å²) in [4.78, 5) is 26.3. The van der Waals surface area contributed by atoms with Crippen molar-refractivity contribution in [3.8, 4) is 5.75 Å². The lowest BCUT2D eigenvalue weighted by atomic mass is 10.2. The molecule has 136 valence electrons. The molecular weight excluding hydrogens is 328 g/mol. The SMILES string of the molecule is CCCN(CC(=O)Nc1ccccc1OC)C(=O)C=Cc1ccccc1. The van der Waals surface area contributed by atoms with Crippen LogP contribution >= 0.6 is 0 Å². The summed E-state index contributed by atoms with van der Waals surface area (Å²) >= 11 is 0. The van der Waals surface area contributed by atoms with Crippen molar-refractivity contribution in [1.82, 2.24) is 4.90 Å². The molecule has 2 aromatic carbocycles. The minimum Gasteiger partial charge on any atom is -0.495 e. The largest absolute Gasteiger partial charge is 0.495 e. The van der Waals surface area contributed by atoms with E-state index >= 15 is 0 Å². The number of carbonyl (C=O) groups excluding carboxylic acids is 2. The number of nitrogens with zero attached hydrogens (tertiary/aromatic N) is 1. The van der Waals surface area contributed by atoms with Crippen LogP contribution in [0.3, 0.4) is 0 Å². The second-order valence-electron chi connectivity index (χ2n) is 5.75. The van der Waals surface area contributed by atoms with Crippen LogP contribution < -0.4 is 10.1 Å². The van der Waals surface area contributed by atoms with Crippen LogP contribution in [0, 0.1) is 0 Å². The van der Waals surface area contributed by atoms with Gasteiger partial charge in [-0.15, -0.1) is 0 Å². The van der Waals surface area contributed by atoms with Gasteiger partial charge in [0.1, 0.15) is 12.3 Å². The molecule has 5 heteroatoms. The summed E-state index contributed by atoms with van der Waals surface area (Å²) in [7, 11) is 1.55. The third kappa shape index (κ3) is 5.77. The van der Waals surface area contributed by atoms with Gasteiger partial charge in [0, 0.05) is 12.6 Å². The van der Waals surface area contributed by atoms with E-state index in [1.54, 1.807) is 25.3 Å². The number of para-hydroxylation sites is 2. The van der Waals surface area contributed by atoms with E-state index in [4.69, 9.17) is 4.74 Å². The molecule has 0 fully saturated rings. The molecule has 0 saturated carbocycles. The first-order chi connectivity index (χ1) is 12.6. The summed E-state index contributed by atoms with van der Waals surface area (Å²) in [5, 5.41) is 2.80. The van der Waals surface area contributed by atoms with Crippen LogP contribution in [0.2, 0.25) is 0 Å². The van der Waals surface area contributed by atoms with E-state index in [9.17, 15) is 9.59 Å². The molecule has 0 unspecified atom stereocenters. The number of carbonyl (C=O) groups is 2. The number of ether oxygens (including phenoxy) is 1. The highest BCUT2D eigenvalue weighted by atomic mass is 16.5. The highest BCUT2D eigenvalue weighted by Gasteiger charge is 2.15. The molecule has 0 radical (unpaired) electrons. The zero-order valence-electron chi connectivity index (χ0n) is 15.1. The average Bonchev–Trinajstić information content (AvgIpc) is 2.67. The molecule has 5 nitrogen and oxygen atoms in total. The lowest BCUT2D eigenvalue weighted by Crippen LogP contribution is -2.37. The van der Waals surface area contributed by atoms with Gasteiger partial charge in [0.2, 0.25) is 11.8 Å². The van der Waals surface area contributed by atoms with Crippen molar-refractivity contribution in [2.45, 2.75) is 13.3 Å². The summed E-state index contributed by atoms with van der Waals surface area (Å²) in [6.45, 7) is 2.47. The molecule has 0 aliphatic rings. The van der Waals surface area contributed by atoms with E-state index < -0.39 is 0 Å². The number of benzene rings is 2. The second-order valence-corrected chi connectivity index (χ2v) is 5.75. The fourth-order valence-corrected chi connectivity index (χ4v) is 2.49. The fraction of sp³-hybridized carbons (Fsp3) is 0.238. The Morgan fingerprint density at radius 3 is 2.46 bits per heavy atom. The minimum atomic E-state index is -0.260. The Hall–Kier alpha value is -3.08. The van der Waals surface area contributed by atoms with Gasteiger partial charge in [-0.25, -0.2) is 0 Å². The third-order valence-corrected chi connectivity index (χ3v) is 3.74. The van der Waals surface area contributed by atoms with Gasteiger partial charge in [-0.2, -0.15) is 0 Å². The van der Waals surface area contributed by atoms with Crippen molar-refractivity contribution in [1.29, 1.82) is 0 Å². The Balaban J connectivity index is 2.01. The van der Waals surface area contributed by atoms with Gasteiger partial charge in [0.15, 0.2) is 0 Å². The second kappa shape index (κ2) is 10.0. The predicted octanol–water partition coefficient (Wildman–Crippen LogP) is 3.59. The summed E-state index contributed by atoms with van der Waals surface area (Å²) in [5.74, 6) is 0.133. The van der Waals surface area contributed by atoms with E-state index in [1.807, 2.05) is 49.4 Å². The van der Waals surface area contributed by atoms with E-state index in [0.717, 1.165) is 12.0 Å². The number of anilines is 1. The molecule has 0 aromatic heterocycles. The van der Waals surface area contributed by atoms with Crippen LogP contribution in [-0.4, -0.2) is 36.9 Å². The van der Waals surface area contributed by atoms with Crippen LogP contribution in [0.4, 0.5) is 5.69 Å². The van der Waals surface area contributed by atoms with Crippen molar-refractivity contribution in [3.05, 3.63) is 66.2 Å². The van der Waals surface area contributed by atoms with Gasteiger partial charge in [-0.1, -0.05) is 49.4 Å². The molecule has 0 saturated heterocycles. The Morgan fingerprint density at radius 1 is 1.08 bits per heavy atom. The Bertz CT molecular complexity index is 757. The van der Waals surface area contributed by atoms with E-state index in [1.165, 1.54) is 11.0 Å². The van der Waals surface area contributed by atoms with Gasteiger partial charge in [0.25, 0.3) is 0 Å². The van der Waals surface area contributed by atoms with Gasteiger partial charge in [-0.05, 0) is 30.2 Å². The molecule has 0 spiro atoms. The van der Waals surface area contributed by atoms with Crippen LogP contribution in [-0.2, 0) is 9.59 Å². The number of rotatable bonds is 8. The molecule has 2 aromatic rings. The number of methoxy groups -OCH3 is 1. The van der Waals surface area contributed by atoms with Crippen molar-refractivity contribution < 1.29 is 14.3 Å². The zero-order chi connectivity index (χ0) is 18.8. The van der Waals surface area contributed by atoms with E-state index in [2.05, 4.69) is 5.32 Å². The maximum absolute atomic E-state index is 12.5. The lowest BCUT2D eigenvalue weighted by Gasteiger charge is -2.20. The Labute approximate surface area is 154 Å². The van der Waals surface area contributed by atoms with Gasteiger partial charge >= 0.3 is 0 Å². The highest BCUT2D eigenvalue weighted by Crippen LogP contribution is 2.22. The van der Waals surface area contributed by atoms with Crippen molar-refractivity contribution in [3.63, 3.8) is 0 Å². The standard InChI is InChI=1S/C21H24N2O3/c1-3-15-23(21(25)14-13-17-9-5-4-6-10-17)16-20(24)22-18-11-7-8-12-19(18)26-2/h4-14H,3,15-16H2,1-2H3,(H,22,24). The molecular formula is C21H24N2O3. The topological polar surface area (TPSA) is 58.6 Å². The molecule has 0 heterocycles. The smallest absolute Gasteiger partial charge is 0.247 e. The summed E-state index contributed by atoms with van der Waals surface area (Å²) in [5.41, 5.74) is 1.53. The first kappa shape index (κ1) is 19.2. The van der Waals surface area contributed by atoms with Crippen LogP contribution in [0.1, 0.15) is 18.9 Å². The fourth-order valence-electron chi connectivity index (χ4n) is 2.49. The summed E-state index contributed by atoms with van der Waals surface area (Å²) in [6.07, 6.45) is 4.03. The van der Waals surface area contributed by atoms with Crippen molar-refractivity contribution >= 4 is 23.6 Å². The Kier molecular flexibility index (Phi) is 7.43. The molecule has 0 bridgehead atoms. The number of hydrogen-bond donors (Lipinski definition) is 1. The van der Waals surface area contributed by atoms with Gasteiger partial charge < -0.3 is 15.0 Å². The van der Waals surface area contributed by atoms with Crippen LogP contribution in [0.25, 0.3) is 6.08 Å². The number of amides is 2. The minimum absolute atomic E-state index is 0.0101. The predicted molar refractivity (Wildman–Crippen MR) is 104 cm³/mol. The lowest BCUT2D eigenvalue weighted by molar-refractivity contribution is -0.130.